The predicted molar refractivity (Wildman–Crippen MR) is 343 cm³/mol. The molecule has 0 unspecified atom stereocenters. The summed E-state index contributed by atoms with van der Waals surface area (Å²) in [6.45, 7) is 9.36. The number of esters is 1. The summed E-state index contributed by atoms with van der Waals surface area (Å²) in [4.78, 5) is 78.3. The number of para-hydroxylation sites is 2. The van der Waals surface area contributed by atoms with E-state index in [2.05, 4.69) is 37.5 Å². The summed E-state index contributed by atoms with van der Waals surface area (Å²) in [7, 11) is 1.35. The zero-order valence-corrected chi connectivity index (χ0v) is 51.3. The van der Waals surface area contributed by atoms with Crippen LogP contribution in [0.2, 0.25) is 0 Å². The molecule has 23 nitrogen and oxygen atoms in total. The Morgan fingerprint density at radius 3 is 1.31 bits per heavy atom. The Balaban J connectivity index is 0.000000243. The van der Waals surface area contributed by atoms with Crippen LogP contribution in [0, 0.1) is 29.6 Å². The fourth-order valence-electron chi connectivity index (χ4n) is 9.99. The molecule has 1 amide bonds. The molecule has 0 aliphatic rings. The van der Waals surface area contributed by atoms with Crippen molar-refractivity contribution in [1.29, 1.82) is 10.5 Å². The van der Waals surface area contributed by atoms with Crippen LogP contribution in [-0.4, -0.2) is 63.2 Å². The van der Waals surface area contributed by atoms with Crippen molar-refractivity contribution in [2.24, 2.45) is 0 Å². The van der Waals surface area contributed by atoms with E-state index in [1.807, 2.05) is 148 Å². The molecule has 0 fully saturated rings. The first-order valence-electron chi connectivity index (χ1n) is 28.5. The molecule has 0 saturated carbocycles. The molecule has 4 heterocycles. The van der Waals surface area contributed by atoms with Gasteiger partial charge in [0.15, 0.2) is 11.6 Å². The maximum atomic E-state index is 14.4. The van der Waals surface area contributed by atoms with Gasteiger partial charge in [-0.15, -0.1) is 0 Å². The van der Waals surface area contributed by atoms with E-state index in [9.17, 15) is 29.7 Å². The first-order chi connectivity index (χ1) is 43.1. The number of rotatable bonds is 18. The summed E-state index contributed by atoms with van der Waals surface area (Å²) in [6.07, 6.45) is 4.39. The van der Waals surface area contributed by atoms with Crippen LogP contribution in [-0.2, 0) is 49.0 Å². The minimum atomic E-state index is -0.584. The zero-order valence-electron chi connectivity index (χ0n) is 49.9. The van der Waals surface area contributed by atoms with Gasteiger partial charge < -0.3 is 45.2 Å². The van der Waals surface area contributed by atoms with E-state index in [4.69, 9.17) is 42.8 Å². The van der Waals surface area contributed by atoms with Crippen molar-refractivity contribution in [3.8, 4) is 23.5 Å². The molecular weight excluding hydrogens is 1180 g/mol. The molecule has 457 valence electrons. The van der Waals surface area contributed by atoms with E-state index in [-0.39, 0.29) is 81.9 Å². The SMILES string of the molecule is CC[C@H](Nc1nc(N)nc(N)c1C#N)c1nc2cccc(CCc3ccc(C(=O)NO)cc3)c2c(=O)n1-c1ccccc1.CC[C@H](Nc1nc(N)nc(N)c1C#N)c1nc2cccc(CCc3ccc(C(=O)OC)cc3)c2c(=O)n1-c1ccccc1.[CH2-]CC.[V]. The van der Waals surface area contributed by atoms with E-state index in [0.717, 1.165) is 28.7 Å². The number of benzene rings is 6. The third-order valence-corrected chi connectivity index (χ3v) is 14.3. The Kier molecular flexibility index (Phi) is 23.0. The molecule has 10 rings (SSSR count). The van der Waals surface area contributed by atoms with Crippen LogP contribution >= 0.6 is 0 Å². The Bertz CT molecular complexity index is 4110. The van der Waals surface area contributed by atoms with E-state index < -0.39 is 18.0 Å². The summed E-state index contributed by atoms with van der Waals surface area (Å²) in [5, 5.41) is 35.7. The number of nitrogens with two attached hydrogens (primary N) is 4. The number of nitrogens with one attached hydrogen (secondary N) is 3. The van der Waals surface area contributed by atoms with Gasteiger partial charge in [0.2, 0.25) is 11.9 Å². The molecule has 4 aromatic heterocycles. The van der Waals surface area contributed by atoms with E-state index in [1.165, 1.54) is 7.11 Å². The van der Waals surface area contributed by atoms with Gasteiger partial charge in [-0.2, -0.15) is 36.9 Å². The molecule has 2 atom stereocenters. The van der Waals surface area contributed by atoms with Crippen LogP contribution in [0.15, 0.2) is 155 Å². The first-order valence-corrected chi connectivity index (χ1v) is 28.5. The number of nitrogen functional groups attached to an aromatic ring is 4. The van der Waals surface area contributed by atoms with Crippen LogP contribution in [0.5, 0.6) is 0 Å². The van der Waals surface area contributed by atoms with Crippen molar-refractivity contribution in [2.75, 3.05) is 40.7 Å². The molecule has 90 heavy (non-hydrogen) atoms. The van der Waals surface area contributed by atoms with Crippen molar-refractivity contribution >= 4 is 68.9 Å². The third kappa shape index (κ3) is 15.2. The minimum absolute atomic E-state index is 0. The number of carbonyl (C=O) groups is 2. The molecule has 0 aliphatic carbocycles. The van der Waals surface area contributed by atoms with Crippen molar-refractivity contribution in [3.63, 3.8) is 0 Å². The summed E-state index contributed by atoms with van der Waals surface area (Å²) in [5.74, 6) is -0.0215. The third-order valence-electron chi connectivity index (χ3n) is 14.3. The Hall–Kier alpha value is -11.0. The zero-order chi connectivity index (χ0) is 63.7. The molecule has 12 N–H and O–H groups in total. The van der Waals surface area contributed by atoms with Gasteiger partial charge in [-0.3, -0.25) is 28.7 Å². The number of ether oxygens (including phenoxy) is 1. The van der Waals surface area contributed by atoms with E-state index in [1.54, 1.807) is 44.9 Å². The number of nitrogens with zero attached hydrogens (tertiary/aromatic N) is 10. The maximum Gasteiger partial charge on any atom is 0.337 e. The minimum Gasteiger partial charge on any atom is -0.465 e. The second-order valence-electron chi connectivity index (χ2n) is 20.2. The molecular formula is C66H66N17O6V-. The first kappa shape index (κ1) is 66.5. The molecule has 0 spiro atoms. The molecule has 0 saturated heterocycles. The van der Waals surface area contributed by atoms with Crippen molar-refractivity contribution < 1.29 is 38.1 Å². The van der Waals surface area contributed by atoms with Gasteiger partial charge in [0.05, 0.1) is 57.9 Å². The molecule has 24 heteroatoms. The predicted octanol–water partition coefficient (Wildman–Crippen LogP) is 9.25. The number of anilines is 6. The monoisotopic (exact) mass is 1240 g/mol. The summed E-state index contributed by atoms with van der Waals surface area (Å²) in [6, 6.07) is 46.8. The molecule has 6 aromatic carbocycles. The fraction of sp³-hybridized carbons (Fsp3) is 0.197. The van der Waals surface area contributed by atoms with E-state index >= 15 is 0 Å². The normalized spacial score (nSPS) is 11.2. The van der Waals surface area contributed by atoms with Gasteiger partial charge in [-0.25, -0.2) is 20.2 Å². The van der Waals surface area contributed by atoms with Crippen LogP contribution in [0.3, 0.4) is 0 Å². The van der Waals surface area contributed by atoms with Gasteiger partial charge in [-0.1, -0.05) is 106 Å². The number of methoxy groups -OCH3 is 1. The van der Waals surface area contributed by atoms with Gasteiger partial charge in [-0.05, 0) is 121 Å². The molecule has 0 bridgehead atoms. The van der Waals surface area contributed by atoms with Gasteiger partial charge in [0, 0.05) is 24.1 Å². The maximum absolute atomic E-state index is 14.4. The van der Waals surface area contributed by atoms with Gasteiger partial charge >= 0.3 is 5.97 Å². The van der Waals surface area contributed by atoms with Crippen LogP contribution < -0.4 is 50.2 Å². The Morgan fingerprint density at radius 1 is 0.567 bits per heavy atom. The van der Waals surface area contributed by atoms with Crippen molar-refractivity contribution in [1.82, 2.24) is 44.5 Å². The average Bonchev–Trinajstić information content (AvgIpc) is 0.859. The quantitative estimate of drug-likeness (QED) is 0.0172. The van der Waals surface area contributed by atoms with Crippen LogP contribution in [0.4, 0.5) is 35.2 Å². The van der Waals surface area contributed by atoms with Crippen LogP contribution in [0.25, 0.3) is 33.2 Å². The second-order valence-corrected chi connectivity index (χ2v) is 20.2. The standard InChI is InChI=1S/C32H30N8O3.C31H29N9O3.C3H7.V/c1-3-24(36-28-23(18-33)27(34)38-32(35)39-28)29-37-25-11-7-8-20(15-12-19-13-16-21(17-14-19)31(42)43-2)26(25)30(41)40(29)22-9-5-4-6-10-22;1-2-23(35-27-22(17-32)26(33)37-31(34)38-27)28-36-24-10-6-7-19(14-11-18-12-15-20(16-13-18)29(41)39-43)25(24)30(42)40(28)21-8-4-3-5-9-21;1-3-2;/h4-11,13-14,16-17,24H,3,12,15H2,1-2H3,(H5,34,35,36,38,39);3-10,12-13,15-16,23,43H,2,11,14H2,1H3,(H,39,41)(H5,33,34,35,37,38);1,3H2,2H3;/q;;-1;/t24-;23-;;/m00../s1. The number of amides is 1. The number of aryl methyl sites for hydroxylation is 4. The number of hydrogen-bond donors (Lipinski definition) is 8. The smallest absolute Gasteiger partial charge is 0.337 e. The molecule has 0 aliphatic heterocycles. The topological polar surface area (TPSA) is 373 Å². The van der Waals surface area contributed by atoms with Crippen LogP contribution in [0.1, 0.15) is 118 Å². The Labute approximate surface area is 530 Å². The average molecular weight is 1240 g/mol. The molecule has 10 aromatic rings. The second kappa shape index (κ2) is 31.1. The largest absolute Gasteiger partial charge is 0.465 e. The van der Waals surface area contributed by atoms with Crippen molar-refractivity contribution in [3.05, 3.63) is 229 Å². The molecule has 1 radical (unpaired) electrons. The summed E-state index contributed by atoms with van der Waals surface area (Å²) >= 11 is 0. The number of nitriles is 2. The number of hydrogen-bond acceptors (Lipinski definition) is 20. The fourth-order valence-corrected chi connectivity index (χ4v) is 9.99. The van der Waals surface area contributed by atoms with Crippen molar-refractivity contribution in [2.45, 2.75) is 77.8 Å². The summed E-state index contributed by atoms with van der Waals surface area (Å²) < 4.78 is 7.96. The van der Waals surface area contributed by atoms with E-state index in [0.29, 0.717) is 94.5 Å². The number of fused-ring (bicyclic) bond motifs is 2. The number of hydroxylamine groups is 1. The Morgan fingerprint density at radius 2 is 0.956 bits per heavy atom. The van der Waals surface area contributed by atoms with Gasteiger partial charge in [0.1, 0.15) is 46.5 Å². The van der Waals surface area contributed by atoms with Gasteiger partial charge in [0.25, 0.3) is 17.0 Å². The number of aromatic nitrogens is 8. The summed E-state index contributed by atoms with van der Waals surface area (Å²) in [5.41, 5.74) is 31.6. The number of carbonyl (C=O) groups excluding carboxylic acids is 2.